The minimum atomic E-state index is -1.04. The molecule has 0 spiro atoms. The number of carboxylic acids is 2. The molecule has 0 bridgehead atoms. The van der Waals surface area contributed by atoms with Crippen molar-refractivity contribution in [2.24, 2.45) is 5.92 Å². The van der Waals surface area contributed by atoms with Gasteiger partial charge in [0.25, 0.3) is 5.01 Å². The molecule has 2 aliphatic carbocycles. The molecule has 1 atom stereocenters. The van der Waals surface area contributed by atoms with E-state index >= 15 is 0 Å². The van der Waals surface area contributed by atoms with Crippen molar-refractivity contribution in [1.82, 2.24) is 0 Å². The van der Waals surface area contributed by atoms with Crippen LogP contribution in [0.25, 0.3) is 16.3 Å². The first-order valence-corrected chi connectivity index (χ1v) is 20.9. The molecule has 1 unspecified atom stereocenters. The largest absolute Gasteiger partial charge is 0.479 e. The summed E-state index contributed by atoms with van der Waals surface area (Å²) < 4.78 is 13.3. The summed E-state index contributed by atoms with van der Waals surface area (Å²) in [4.78, 5) is 27.0. The van der Waals surface area contributed by atoms with E-state index in [-0.39, 0.29) is 0 Å². The zero-order valence-electron chi connectivity index (χ0n) is 27.0. The Hall–Kier alpha value is -3.18. The smallest absolute Gasteiger partial charge is 0.331 e. The van der Waals surface area contributed by atoms with E-state index in [1.165, 1.54) is 16.7 Å². The summed E-state index contributed by atoms with van der Waals surface area (Å²) in [7, 11) is 0. The van der Waals surface area contributed by atoms with Gasteiger partial charge in [0.15, 0.2) is 13.2 Å². The van der Waals surface area contributed by atoms with Crippen molar-refractivity contribution in [3.8, 4) is 22.6 Å². The Balaban J connectivity index is 1.29. The van der Waals surface area contributed by atoms with E-state index < -0.39 is 25.2 Å². The maximum atomic E-state index is 10.8. The van der Waals surface area contributed by atoms with Crippen molar-refractivity contribution < 1.29 is 32.7 Å². The second-order valence-corrected chi connectivity index (χ2v) is 16.2. The first kappa shape index (κ1) is 36.6. The molecule has 3 aromatic rings. The highest BCUT2D eigenvalue weighted by Gasteiger charge is 2.28. The minimum Gasteiger partial charge on any atom is -0.479 e. The number of rotatable bonds is 10. The molecule has 0 amide bonds. The maximum absolute atomic E-state index is 10.8. The lowest BCUT2D eigenvalue weighted by Gasteiger charge is -2.28. The molecule has 1 aliphatic heterocycles. The van der Waals surface area contributed by atoms with E-state index in [0.717, 1.165) is 90.4 Å². The molecule has 6 rings (SSSR count). The van der Waals surface area contributed by atoms with Crippen LogP contribution in [0.1, 0.15) is 30.7 Å². The zero-order valence-corrected chi connectivity index (χ0v) is 31.9. The monoisotopic (exact) mass is 779 g/mol. The molecule has 0 saturated heterocycles. The number of thiazole rings is 1. The number of fused-ring (bicyclic) bond motifs is 3. The normalized spacial score (nSPS) is 18.1. The van der Waals surface area contributed by atoms with E-state index in [4.69, 9.17) is 18.6 Å². The van der Waals surface area contributed by atoms with E-state index in [9.17, 15) is 9.59 Å². The number of hydrogen-bond acceptors (Lipinski definition) is 11. The summed E-state index contributed by atoms with van der Waals surface area (Å²) in [6, 6.07) is 19.1. The van der Waals surface area contributed by atoms with Crippen LogP contribution >= 0.6 is 70.7 Å². The van der Waals surface area contributed by atoms with Gasteiger partial charge in [-0.15, -0.1) is 23.5 Å². The Morgan fingerprint density at radius 3 is 2.44 bits per heavy atom. The lowest BCUT2D eigenvalue weighted by atomic mass is 9.77. The number of nitrogens with zero attached hydrogens (tertiary/aromatic N) is 2. The van der Waals surface area contributed by atoms with Gasteiger partial charge in [0, 0.05) is 38.1 Å². The molecular formula is C36H31N2O6S6+. The fourth-order valence-corrected chi connectivity index (χ4v) is 9.33. The third kappa shape index (κ3) is 9.18. The van der Waals surface area contributed by atoms with E-state index in [2.05, 4.69) is 83.3 Å². The first-order valence-electron chi connectivity index (χ1n) is 15.4. The van der Waals surface area contributed by atoms with Crippen LogP contribution in [0.2, 0.25) is 0 Å². The maximum Gasteiger partial charge on any atom is 0.331 e. The third-order valence-electron chi connectivity index (χ3n) is 7.92. The summed E-state index contributed by atoms with van der Waals surface area (Å²) in [6.45, 7) is -0.830. The average molecular weight is 780 g/mol. The lowest BCUT2D eigenvalue weighted by Crippen LogP contribution is -2.29. The van der Waals surface area contributed by atoms with Crippen molar-refractivity contribution >= 4 is 105 Å². The van der Waals surface area contributed by atoms with Gasteiger partial charge < -0.3 is 10.2 Å². The minimum absolute atomic E-state index is 0.415. The fraction of sp³-hybridized carbons (Fsp3) is 0.250. The van der Waals surface area contributed by atoms with Gasteiger partial charge in [0.2, 0.25) is 11.6 Å². The summed E-state index contributed by atoms with van der Waals surface area (Å²) in [5.41, 5.74) is 5.81. The van der Waals surface area contributed by atoms with Gasteiger partial charge in [-0.05, 0) is 97.2 Å². The molecule has 256 valence electrons. The van der Waals surface area contributed by atoms with Crippen LogP contribution < -0.4 is 9.47 Å². The van der Waals surface area contributed by atoms with Gasteiger partial charge in [0.05, 0.1) is 40.1 Å². The zero-order chi connectivity index (χ0) is 35.0. The predicted molar refractivity (Wildman–Crippen MR) is 208 cm³/mol. The van der Waals surface area contributed by atoms with Crippen molar-refractivity contribution in [2.75, 3.05) is 30.6 Å². The molecule has 50 heavy (non-hydrogen) atoms. The molecule has 2 aromatic carbocycles. The number of allylic oxidation sites excluding steroid dienone is 6. The Kier molecular flexibility index (Phi) is 12.7. The quantitative estimate of drug-likeness (QED) is 0.0677. The molecule has 0 saturated carbocycles. The second kappa shape index (κ2) is 17.4. The first-order chi connectivity index (χ1) is 24.3. The number of carboxylic acid groups (broad SMARTS) is 2. The predicted octanol–water partition coefficient (Wildman–Crippen LogP) is 8.71. The molecule has 2 N–H and O–H groups in total. The fourth-order valence-electron chi connectivity index (χ4n) is 5.64. The number of benzene rings is 2. The Morgan fingerprint density at radius 2 is 1.68 bits per heavy atom. The number of carbonyl (C=O) groups is 2. The van der Waals surface area contributed by atoms with Crippen LogP contribution in [0, 0.1) is 28.5 Å². The molecule has 2 heterocycles. The summed E-state index contributed by atoms with van der Waals surface area (Å²) in [5, 5.41) is 25.6. The average Bonchev–Trinajstić information content (AvgIpc) is 3.62. The number of hydrogen-bond donors (Lipinski definition) is 2. The Morgan fingerprint density at radius 1 is 0.960 bits per heavy atom. The van der Waals surface area contributed by atoms with Gasteiger partial charge in [-0.3, -0.25) is 13.3 Å². The van der Waals surface area contributed by atoms with E-state index in [0.29, 0.717) is 5.92 Å². The molecule has 8 nitrogen and oxygen atoms in total. The highest BCUT2D eigenvalue weighted by atomic mass is 32.2. The topological polar surface area (TPSA) is 100 Å². The van der Waals surface area contributed by atoms with Gasteiger partial charge in [-0.2, -0.15) is 0 Å². The number of anilines is 1. The van der Waals surface area contributed by atoms with Crippen LogP contribution in [0.3, 0.4) is 0 Å². The third-order valence-corrected chi connectivity index (χ3v) is 12.3. The van der Waals surface area contributed by atoms with E-state index in [1.54, 1.807) is 46.6 Å². The second-order valence-electron chi connectivity index (χ2n) is 11.1. The molecule has 0 radical (unpaired) electrons. The highest BCUT2D eigenvalue weighted by Crippen LogP contribution is 2.48. The van der Waals surface area contributed by atoms with Crippen molar-refractivity contribution in [3.05, 3.63) is 81.4 Å². The number of aliphatic carboxylic acids is 2. The Labute approximate surface area is 316 Å². The molecular weight excluding hydrogens is 749 g/mol. The van der Waals surface area contributed by atoms with Crippen LogP contribution in [0.4, 0.5) is 5.69 Å². The SMILES string of the molecule is CSc1ccc2c(c1)N(C#CSOCC(=O)O)/C(=C/C1=CC3=C/C(=C/c4sc5ccc(SC)cc5[n+]4C#CSOCC(=O)O)CCC3CC1)S2. The van der Waals surface area contributed by atoms with E-state index in [1.807, 2.05) is 22.0 Å². The van der Waals surface area contributed by atoms with Gasteiger partial charge >= 0.3 is 11.9 Å². The van der Waals surface area contributed by atoms with Crippen molar-refractivity contribution in [3.63, 3.8) is 0 Å². The molecule has 0 fully saturated rings. The molecule has 1 aromatic heterocycles. The van der Waals surface area contributed by atoms with Crippen LogP contribution in [0.5, 0.6) is 0 Å². The highest BCUT2D eigenvalue weighted by molar-refractivity contribution is 8.03. The van der Waals surface area contributed by atoms with Crippen molar-refractivity contribution in [2.45, 2.75) is 40.4 Å². The van der Waals surface area contributed by atoms with Gasteiger partial charge in [-0.25, -0.2) is 9.59 Å². The standard InChI is InChI=1S/C36H30N2O6S6/c1-45-27-7-9-31-29(19-27)37(11-13-47-43-21-35(39)40)33(49-31)17-23-3-5-25-6-4-24(16-26(25)15-23)18-34-38(12-14-48-44-22-36(41)42)30-20-28(46-2)8-10-32(30)50-34/h7-10,15-20,25H,3-6,21-22H2,1-2H3,(H-,39,40,41,42)/p+1. The van der Waals surface area contributed by atoms with Gasteiger partial charge in [0.1, 0.15) is 4.70 Å². The van der Waals surface area contributed by atoms with Crippen LogP contribution in [-0.4, -0.2) is 47.9 Å². The van der Waals surface area contributed by atoms with Crippen molar-refractivity contribution in [1.29, 1.82) is 0 Å². The Bertz CT molecular complexity index is 2080. The number of aromatic nitrogens is 1. The van der Waals surface area contributed by atoms with Crippen LogP contribution in [-0.2, 0) is 18.0 Å². The van der Waals surface area contributed by atoms with Crippen LogP contribution in [0.15, 0.2) is 91.1 Å². The summed E-state index contributed by atoms with van der Waals surface area (Å²) in [5.74, 6) is -1.57. The van der Waals surface area contributed by atoms with Gasteiger partial charge in [-0.1, -0.05) is 39.8 Å². The summed E-state index contributed by atoms with van der Waals surface area (Å²) >= 11 is 8.37. The number of thioether (sulfide) groups is 3. The molecule has 3 aliphatic rings. The summed E-state index contributed by atoms with van der Waals surface area (Å²) in [6.07, 6.45) is 17.3. The lowest BCUT2D eigenvalue weighted by molar-refractivity contribution is -0.551. The molecule has 14 heteroatoms.